The molecule has 1 atom stereocenters. The first-order chi connectivity index (χ1) is 5.66. The van der Waals surface area contributed by atoms with Crippen molar-refractivity contribution in [3.8, 4) is 0 Å². The summed E-state index contributed by atoms with van der Waals surface area (Å²) >= 11 is 5.59. The van der Waals surface area contributed by atoms with Crippen LogP contribution in [0.1, 0.15) is 26.7 Å². The zero-order chi connectivity index (χ0) is 9.40. The Morgan fingerprint density at radius 3 is 2.83 bits per heavy atom. The first-order valence-corrected chi connectivity index (χ1v) is 4.59. The monoisotopic (exact) mass is 190 g/mol. The lowest BCUT2D eigenvalue weighted by atomic mass is 10.3. The second-order valence-corrected chi connectivity index (χ2v) is 3.25. The van der Waals surface area contributed by atoms with Crippen molar-refractivity contribution in [3.63, 3.8) is 0 Å². The Balaban J connectivity index is 3.46. The van der Waals surface area contributed by atoms with Crippen molar-refractivity contribution < 1.29 is 9.53 Å². The van der Waals surface area contributed by atoms with Crippen molar-refractivity contribution in [2.75, 3.05) is 6.61 Å². The minimum atomic E-state index is -0.309. The Bertz CT molecular complexity index is 153. The predicted molar refractivity (Wildman–Crippen MR) is 50.3 cm³/mol. The Labute approximate surface area is 78.5 Å². The van der Waals surface area contributed by atoms with Gasteiger partial charge in [-0.25, -0.2) is 4.79 Å². The van der Waals surface area contributed by atoms with Crippen molar-refractivity contribution in [2.24, 2.45) is 0 Å². The smallest absolute Gasteiger partial charge is 0.330 e. The van der Waals surface area contributed by atoms with Crippen LogP contribution < -0.4 is 0 Å². The molecule has 3 heteroatoms. The molecule has 0 aromatic carbocycles. The zero-order valence-electron chi connectivity index (χ0n) is 7.55. The average Bonchev–Trinajstić information content (AvgIpc) is 2.01. The number of hydrogen-bond donors (Lipinski definition) is 0. The minimum absolute atomic E-state index is 0.122. The van der Waals surface area contributed by atoms with Crippen LogP contribution >= 0.6 is 11.6 Å². The van der Waals surface area contributed by atoms with Crippen molar-refractivity contribution in [1.82, 2.24) is 0 Å². The van der Waals surface area contributed by atoms with E-state index >= 15 is 0 Å². The number of allylic oxidation sites excluding steroid dienone is 1. The first kappa shape index (κ1) is 11.5. The van der Waals surface area contributed by atoms with Crippen LogP contribution in [0.15, 0.2) is 12.2 Å². The molecule has 0 fully saturated rings. The van der Waals surface area contributed by atoms with E-state index in [4.69, 9.17) is 16.3 Å². The maximum atomic E-state index is 10.9. The van der Waals surface area contributed by atoms with Gasteiger partial charge in [0.2, 0.25) is 0 Å². The molecule has 0 amide bonds. The fourth-order valence-electron chi connectivity index (χ4n) is 0.576. The topological polar surface area (TPSA) is 26.3 Å². The number of carbonyl (C=O) groups is 1. The van der Waals surface area contributed by atoms with E-state index in [-0.39, 0.29) is 11.3 Å². The highest BCUT2D eigenvalue weighted by Gasteiger charge is 1.96. The molecule has 1 unspecified atom stereocenters. The van der Waals surface area contributed by atoms with E-state index in [2.05, 4.69) is 0 Å². The van der Waals surface area contributed by atoms with Crippen LogP contribution in [0.4, 0.5) is 0 Å². The van der Waals surface area contributed by atoms with Crippen molar-refractivity contribution >= 4 is 17.6 Å². The van der Waals surface area contributed by atoms with E-state index in [0.29, 0.717) is 6.61 Å². The number of rotatable bonds is 5. The highest BCUT2D eigenvalue weighted by molar-refractivity contribution is 6.21. The number of unbranched alkanes of at least 4 members (excludes halogenated alkanes) is 1. The molecule has 0 rings (SSSR count). The first-order valence-electron chi connectivity index (χ1n) is 4.15. The molecule has 0 aliphatic rings. The molecule has 0 saturated heterocycles. The summed E-state index contributed by atoms with van der Waals surface area (Å²) < 4.78 is 4.85. The summed E-state index contributed by atoms with van der Waals surface area (Å²) in [6.07, 6.45) is 4.92. The van der Waals surface area contributed by atoms with Crippen LogP contribution in [0.2, 0.25) is 0 Å². The normalized spacial score (nSPS) is 13.2. The molecule has 0 spiro atoms. The third-order valence-corrected chi connectivity index (χ3v) is 1.39. The highest BCUT2D eigenvalue weighted by atomic mass is 35.5. The van der Waals surface area contributed by atoms with E-state index in [9.17, 15) is 4.79 Å². The average molecular weight is 191 g/mol. The summed E-state index contributed by atoms with van der Waals surface area (Å²) in [6, 6.07) is 0. The molecule has 0 aromatic heterocycles. The van der Waals surface area contributed by atoms with Gasteiger partial charge >= 0.3 is 5.97 Å². The summed E-state index contributed by atoms with van der Waals surface area (Å²) in [6.45, 7) is 4.33. The predicted octanol–water partition coefficient (Wildman–Crippen LogP) is 2.51. The van der Waals surface area contributed by atoms with E-state index in [1.165, 1.54) is 6.08 Å². The fraction of sp³-hybridized carbons (Fsp3) is 0.667. The van der Waals surface area contributed by atoms with E-state index in [0.717, 1.165) is 12.8 Å². The Morgan fingerprint density at radius 2 is 2.33 bits per heavy atom. The van der Waals surface area contributed by atoms with Gasteiger partial charge in [0.25, 0.3) is 0 Å². The lowest BCUT2D eigenvalue weighted by Crippen LogP contribution is -2.02. The summed E-state index contributed by atoms with van der Waals surface area (Å²) in [5, 5.41) is -0.122. The fourth-order valence-corrected chi connectivity index (χ4v) is 0.649. The molecule has 0 aliphatic heterocycles. The quantitative estimate of drug-likeness (QED) is 0.288. The molecule has 12 heavy (non-hydrogen) atoms. The van der Waals surface area contributed by atoms with Gasteiger partial charge in [-0.3, -0.25) is 0 Å². The zero-order valence-corrected chi connectivity index (χ0v) is 8.30. The SMILES string of the molecule is CCCCOC(=O)/C=C/C(C)Cl. The van der Waals surface area contributed by atoms with E-state index in [1.807, 2.05) is 6.92 Å². The van der Waals surface area contributed by atoms with Crippen molar-refractivity contribution in [2.45, 2.75) is 32.1 Å². The van der Waals surface area contributed by atoms with Gasteiger partial charge in [-0.15, -0.1) is 11.6 Å². The van der Waals surface area contributed by atoms with Crippen LogP contribution in [-0.4, -0.2) is 18.0 Å². The molecule has 0 heterocycles. The highest BCUT2D eigenvalue weighted by Crippen LogP contribution is 1.96. The second kappa shape index (κ2) is 7.17. The number of alkyl halides is 1. The molecule has 0 radical (unpaired) electrons. The summed E-state index contributed by atoms with van der Waals surface area (Å²) in [4.78, 5) is 10.9. The maximum Gasteiger partial charge on any atom is 0.330 e. The molecular formula is C9H15ClO2. The van der Waals surface area contributed by atoms with E-state index < -0.39 is 0 Å². The minimum Gasteiger partial charge on any atom is -0.463 e. The summed E-state index contributed by atoms with van der Waals surface area (Å²) in [7, 11) is 0. The van der Waals surface area contributed by atoms with Gasteiger partial charge in [-0.1, -0.05) is 19.4 Å². The van der Waals surface area contributed by atoms with Crippen molar-refractivity contribution in [1.29, 1.82) is 0 Å². The summed E-state index contributed by atoms with van der Waals surface area (Å²) in [5.41, 5.74) is 0. The van der Waals surface area contributed by atoms with E-state index in [1.54, 1.807) is 13.0 Å². The molecule has 0 bridgehead atoms. The third-order valence-electron chi connectivity index (χ3n) is 1.24. The van der Waals surface area contributed by atoms with Crippen LogP contribution in [-0.2, 0) is 9.53 Å². The Hall–Kier alpha value is -0.500. The molecule has 0 N–H and O–H groups in total. The van der Waals surface area contributed by atoms with Gasteiger partial charge in [0, 0.05) is 11.5 Å². The van der Waals surface area contributed by atoms with Gasteiger partial charge in [0.1, 0.15) is 0 Å². The van der Waals surface area contributed by atoms with Gasteiger partial charge in [0.15, 0.2) is 0 Å². The van der Waals surface area contributed by atoms with Crippen LogP contribution in [0.5, 0.6) is 0 Å². The lowest BCUT2D eigenvalue weighted by molar-refractivity contribution is -0.137. The van der Waals surface area contributed by atoms with Gasteiger partial charge in [0.05, 0.1) is 6.61 Å². The number of hydrogen-bond acceptors (Lipinski definition) is 2. The molecule has 2 nitrogen and oxygen atoms in total. The molecule has 0 aliphatic carbocycles. The number of carbonyl (C=O) groups excluding carboxylic acids is 1. The number of esters is 1. The largest absolute Gasteiger partial charge is 0.463 e. The summed E-state index contributed by atoms with van der Waals surface area (Å²) in [5.74, 6) is -0.309. The van der Waals surface area contributed by atoms with Gasteiger partial charge in [-0.2, -0.15) is 0 Å². The van der Waals surface area contributed by atoms with Gasteiger partial charge in [-0.05, 0) is 13.3 Å². The van der Waals surface area contributed by atoms with Crippen LogP contribution in [0, 0.1) is 0 Å². The van der Waals surface area contributed by atoms with Crippen LogP contribution in [0.3, 0.4) is 0 Å². The van der Waals surface area contributed by atoms with Gasteiger partial charge < -0.3 is 4.74 Å². The lowest BCUT2D eigenvalue weighted by Gasteiger charge is -1.99. The Morgan fingerprint density at radius 1 is 1.67 bits per heavy atom. The third kappa shape index (κ3) is 7.61. The standard InChI is InChI=1S/C9H15ClO2/c1-3-4-7-12-9(11)6-5-8(2)10/h5-6,8H,3-4,7H2,1-2H3/b6-5+. The Kier molecular flexibility index (Phi) is 6.87. The second-order valence-electron chi connectivity index (χ2n) is 2.56. The molecule has 70 valence electrons. The molecule has 0 aromatic rings. The van der Waals surface area contributed by atoms with Crippen molar-refractivity contribution in [3.05, 3.63) is 12.2 Å². The molecular weight excluding hydrogens is 176 g/mol. The maximum absolute atomic E-state index is 10.9. The van der Waals surface area contributed by atoms with Crippen LogP contribution in [0.25, 0.3) is 0 Å². The number of ether oxygens (including phenoxy) is 1. The number of halogens is 1. The molecule has 0 saturated carbocycles.